The third-order valence-electron chi connectivity index (χ3n) is 3.21. The maximum atomic E-state index is 13.5. The minimum Gasteiger partial charge on any atom is -0.443 e. The molecule has 0 radical (unpaired) electrons. The predicted molar refractivity (Wildman–Crippen MR) is 93.8 cm³/mol. The number of pyridine rings is 1. The Hall–Kier alpha value is -2.28. The normalized spacial score (nSPS) is 12.0. The second-order valence-electron chi connectivity index (χ2n) is 6.67. The third kappa shape index (κ3) is 4.88. The topological polar surface area (TPSA) is 42.4 Å². The lowest BCUT2D eigenvalue weighted by Crippen LogP contribution is -2.35. The summed E-state index contributed by atoms with van der Waals surface area (Å²) >= 11 is 5.90. The highest BCUT2D eigenvalue weighted by Crippen LogP contribution is 2.40. The molecule has 26 heavy (non-hydrogen) atoms. The van der Waals surface area contributed by atoms with E-state index in [1.165, 1.54) is 12.3 Å². The van der Waals surface area contributed by atoms with E-state index in [1.54, 1.807) is 33.8 Å². The molecule has 4 nitrogen and oxygen atoms in total. The number of carbonyl (C=O) groups excluding carboxylic acids is 1. The molecule has 0 atom stereocenters. The fourth-order valence-corrected chi connectivity index (χ4v) is 2.36. The summed E-state index contributed by atoms with van der Waals surface area (Å²) in [4.78, 5) is 17.5. The van der Waals surface area contributed by atoms with E-state index in [9.17, 15) is 18.0 Å². The van der Waals surface area contributed by atoms with E-state index in [2.05, 4.69) is 4.98 Å². The molecule has 1 heterocycles. The van der Waals surface area contributed by atoms with E-state index in [-0.39, 0.29) is 10.8 Å². The van der Waals surface area contributed by atoms with Crippen molar-refractivity contribution in [3.05, 3.63) is 52.7 Å². The molecule has 0 spiro atoms. The van der Waals surface area contributed by atoms with Crippen LogP contribution in [0.3, 0.4) is 0 Å². The van der Waals surface area contributed by atoms with Crippen LogP contribution in [-0.2, 0) is 10.9 Å². The average Bonchev–Trinajstić information content (AvgIpc) is 2.44. The van der Waals surface area contributed by atoms with E-state index < -0.39 is 29.1 Å². The lowest BCUT2D eigenvalue weighted by molar-refractivity contribution is -0.137. The summed E-state index contributed by atoms with van der Waals surface area (Å²) in [6.07, 6.45) is -4.27. The smallest absolute Gasteiger partial charge is 0.420 e. The van der Waals surface area contributed by atoms with Crippen LogP contribution in [0.1, 0.15) is 31.9 Å². The molecule has 0 saturated heterocycles. The number of aromatic nitrogens is 1. The Labute approximate surface area is 154 Å². The molecule has 0 aliphatic rings. The second kappa shape index (κ2) is 7.15. The molecule has 1 aromatic heterocycles. The quantitative estimate of drug-likeness (QED) is 0.623. The van der Waals surface area contributed by atoms with Crippen LogP contribution >= 0.6 is 11.6 Å². The van der Waals surface area contributed by atoms with Gasteiger partial charge in [0.2, 0.25) is 0 Å². The summed E-state index contributed by atoms with van der Waals surface area (Å²) in [7, 11) is 0. The molecular weight excluding hydrogens is 369 g/mol. The number of hydrogen-bond donors (Lipinski definition) is 0. The largest absolute Gasteiger partial charge is 0.443 e. The second-order valence-corrected chi connectivity index (χ2v) is 7.10. The zero-order valence-corrected chi connectivity index (χ0v) is 15.4. The number of ether oxygens (including phenoxy) is 1. The van der Waals surface area contributed by atoms with E-state index in [1.807, 2.05) is 0 Å². The molecular formula is C18H18ClF3N2O2. The van der Waals surface area contributed by atoms with Crippen molar-refractivity contribution in [3.8, 4) is 0 Å². The standard InChI is InChI=1S/C18H18ClF3N2O2/c1-11-7-8-23-15(9-11)24(16(25)26-17(2,3)4)14-10-12(19)5-6-13(14)18(20,21)22/h5-10H,1-4H3. The van der Waals surface area contributed by atoms with Gasteiger partial charge >= 0.3 is 12.3 Å². The van der Waals surface area contributed by atoms with Crippen LogP contribution in [0, 0.1) is 6.92 Å². The van der Waals surface area contributed by atoms with Crippen molar-refractivity contribution in [1.29, 1.82) is 0 Å². The number of hydrogen-bond acceptors (Lipinski definition) is 3. The maximum Gasteiger partial charge on any atom is 0.420 e. The van der Waals surface area contributed by atoms with Gasteiger partial charge in [-0.2, -0.15) is 13.2 Å². The first kappa shape index (κ1) is 20.0. The average molecular weight is 387 g/mol. The molecule has 1 aromatic carbocycles. The fourth-order valence-electron chi connectivity index (χ4n) is 2.19. The zero-order valence-electron chi connectivity index (χ0n) is 14.7. The number of nitrogens with zero attached hydrogens (tertiary/aromatic N) is 2. The van der Waals surface area contributed by atoms with Crippen LogP contribution in [0.5, 0.6) is 0 Å². The molecule has 2 rings (SSSR count). The van der Waals surface area contributed by atoms with E-state index >= 15 is 0 Å². The van der Waals surface area contributed by atoms with Crippen molar-refractivity contribution >= 4 is 29.2 Å². The highest BCUT2D eigenvalue weighted by molar-refractivity contribution is 6.31. The summed E-state index contributed by atoms with van der Waals surface area (Å²) in [5.41, 5.74) is -1.65. The summed E-state index contributed by atoms with van der Waals surface area (Å²) in [6, 6.07) is 6.17. The van der Waals surface area contributed by atoms with E-state index in [0.717, 1.165) is 28.7 Å². The van der Waals surface area contributed by atoms with Crippen LogP contribution in [-0.4, -0.2) is 16.7 Å². The van der Waals surface area contributed by atoms with Gasteiger partial charge in [0.25, 0.3) is 0 Å². The number of benzene rings is 1. The Morgan fingerprint density at radius 2 is 1.81 bits per heavy atom. The lowest BCUT2D eigenvalue weighted by Gasteiger charge is -2.28. The SMILES string of the molecule is Cc1ccnc(N(C(=O)OC(C)(C)C)c2cc(Cl)ccc2C(F)(F)F)c1. The van der Waals surface area contributed by atoms with Crippen LogP contribution in [0.2, 0.25) is 5.02 Å². The van der Waals surface area contributed by atoms with Gasteiger partial charge in [0.05, 0.1) is 11.3 Å². The number of aryl methyl sites for hydroxylation is 1. The Morgan fingerprint density at radius 3 is 2.35 bits per heavy atom. The Bertz CT molecular complexity index is 817. The molecule has 0 bridgehead atoms. The Balaban J connectivity index is 2.69. The van der Waals surface area contributed by atoms with E-state index in [4.69, 9.17) is 16.3 Å². The molecule has 0 fully saturated rings. The van der Waals surface area contributed by atoms with Gasteiger partial charge in [-0.1, -0.05) is 11.6 Å². The van der Waals surface area contributed by atoms with Crippen molar-refractivity contribution in [2.45, 2.75) is 39.5 Å². The number of rotatable bonds is 2. The minimum atomic E-state index is -4.69. The molecule has 0 aliphatic heterocycles. The molecule has 8 heteroatoms. The first-order valence-corrected chi connectivity index (χ1v) is 8.09. The van der Waals surface area contributed by atoms with Gasteiger partial charge in [0.15, 0.2) is 0 Å². The summed E-state index contributed by atoms with van der Waals surface area (Å²) in [5, 5.41) is 0.0502. The molecule has 0 N–H and O–H groups in total. The Kier molecular flexibility index (Phi) is 5.51. The first-order valence-electron chi connectivity index (χ1n) is 7.71. The summed E-state index contributed by atoms with van der Waals surface area (Å²) in [6.45, 7) is 6.60. The number of anilines is 2. The van der Waals surface area contributed by atoms with Crippen molar-refractivity contribution < 1.29 is 22.7 Å². The number of halogens is 4. The molecule has 0 aliphatic carbocycles. The minimum absolute atomic E-state index is 0.00650. The van der Waals surface area contributed by atoms with Crippen LogP contribution < -0.4 is 4.90 Å². The lowest BCUT2D eigenvalue weighted by atomic mass is 10.1. The highest BCUT2D eigenvalue weighted by atomic mass is 35.5. The summed E-state index contributed by atoms with van der Waals surface area (Å²) < 4.78 is 45.8. The number of alkyl halides is 3. The first-order chi connectivity index (χ1) is 11.9. The van der Waals surface area contributed by atoms with Gasteiger partial charge in [0, 0.05) is 11.2 Å². The van der Waals surface area contributed by atoms with Gasteiger partial charge in [-0.05, 0) is 63.6 Å². The summed E-state index contributed by atoms with van der Waals surface area (Å²) in [5.74, 6) is 0.00650. The molecule has 0 unspecified atom stereocenters. The molecule has 0 saturated carbocycles. The zero-order chi connectivity index (χ0) is 19.7. The van der Waals surface area contributed by atoms with Gasteiger partial charge in [-0.15, -0.1) is 0 Å². The fraction of sp³-hybridized carbons (Fsp3) is 0.333. The monoisotopic (exact) mass is 386 g/mol. The molecule has 1 amide bonds. The van der Waals surface area contributed by atoms with Crippen molar-refractivity contribution in [2.24, 2.45) is 0 Å². The van der Waals surface area contributed by atoms with Crippen LogP contribution in [0.25, 0.3) is 0 Å². The third-order valence-corrected chi connectivity index (χ3v) is 3.45. The predicted octanol–water partition coefficient (Wildman–Crippen LogP) is 6.14. The maximum absolute atomic E-state index is 13.5. The highest BCUT2D eigenvalue weighted by Gasteiger charge is 2.38. The van der Waals surface area contributed by atoms with Gasteiger partial charge < -0.3 is 4.74 Å². The van der Waals surface area contributed by atoms with Crippen LogP contribution in [0.4, 0.5) is 29.5 Å². The molecule has 2 aromatic rings. The Morgan fingerprint density at radius 1 is 1.15 bits per heavy atom. The van der Waals surface area contributed by atoms with Gasteiger partial charge in [0.1, 0.15) is 11.4 Å². The number of carbonyl (C=O) groups is 1. The van der Waals surface area contributed by atoms with Crippen molar-refractivity contribution in [1.82, 2.24) is 4.98 Å². The van der Waals surface area contributed by atoms with Crippen LogP contribution in [0.15, 0.2) is 36.5 Å². The van der Waals surface area contributed by atoms with Gasteiger partial charge in [-0.3, -0.25) is 0 Å². The van der Waals surface area contributed by atoms with Crippen molar-refractivity contribution in [3.63, 3.8) is 0 Å². The number of amides is 1. The molecule has 140 valence electrons. The van der Waals surface area contributed by atoms with E-state index in [0.29, 0.717) is 0 Å². The van der Waals surface area contributed by atoms with Gasteiger partial charge in [-0.25, -0.2) is 14.7 Å². The van der Waals surface area contributed by atoms with Crippen molar-refractivity contribution in [2.75, 3.05) is 4.90 Å².